The molecule has 0 aromatic heterocycles. The quantitative estimate of drug-likeness (QED) is 0.366. The van der Waals surface area contributed by atoms with E-state index in [1.165, 1.54) is 0 Å². The van der Waals surface area contributed by atoms with E-state index >= 15 is 0 Å². The Labute approximate surface area is 83.6 Å². The maximum Gasteiger partial charge on any atom is 0.237 e. The average Bonchev–Trinajstić information content (AvgIpc) is 2.80. The molecule has 13 heavy (non-hydrogen) atoms. The van der Waals surface area contributed by atoms with Gasteiger partial charge in [-0.3, -0.25) is 10.2 Å². The Morgan fingerprint density at radius 1 is 1.46 bits per heavy atom. The van der Waals surface area contributed by atoms with Crippen molar-refractivity contribution in [3.63, 3.8) is 0 Å². The number of halogens is 1. The Morgan fingerprint density at radius 3 is 2.62 bits per heavy atom. The zero-order chi connectivity index (χ0) is 8.60. The highest BCUT2D eigenvalue weighted by Crippen LogP contribution is 2.58. The Bertz CT molecular complexity index is 204. The molecule has 1 heterocycles. The van der Waals surface area contributed by atoms with Crippen LogP contribution in [-0.2, 0) is 9.53 Å². The predicted molar refractivity (Wildman–Crippen MR) is 50.2 cm³/mol. The largest absolute Gasteiger partial charge is 0.381 e. The molecule has 1 spiro atoms. The molecular formula is C8H15ClN2O2. The molecule has 4 nitrogen and oxygen atoms in total. The summed E-state index contributed by atoms with van der Waals surface area (Å²) in [5.74, 6) is 5.23. The van der Waals surface area contributed by atoms with E-state index < -0.39 is 0 Å². The SMILES string of the molecule is Cl.NNC(=O)C1CC12CCOCC2. The second-order valence-corrected chi connectivity index (χ2v) is 3.74. The highest BCUT2D eigenvalue weighted by molar-refractivity contribution is 5.85. The summed E-state index contributed by atoms with van der Waals surface area (Å²) in [5.41, 5.74) is 2.47. The van der Waals surface area contributed by atoms with Crippen LogP contribution in [0.3, 0.4) is 0 Å². The van der Waals surface area contributed by atoms with E-state index in [0.717, 1.165) is 32.5 Å². The smallest absolute Gasteiger partial charge is 0.237 e. The first kappa shape index (κ1) is 10.8. The Morgan fingerprint density at radius 2 is 2.08 bits per heavy atom. The molecule has 2 fully saturated rings. The van der Waals surface area contributed by atoms with Crippen molar-refractivity contribution in [2.75, 3.05) is 13.2 Å². The zero-order valence-corrected chi connectivity index (χ0v) is 8.23. The van der Waals surface area contributed by atoms with E-state index in [1.807, 2.05) is 0 Å². The first-order valence-electron chi connectivity index (χ1n) is 4.37. The van der Waals surface area contributed by atoms with Crippen LogP contribution in [0.2, 0.25) is 0 Å². The van der Waals surface area contributed by atoms with Gasteiger partial charge in [-0.1, -0.05) is 0 Å². The van der Waals surface area contributed by atoms with Crippen molar-refractivity contribution in [1.82, 2.24) is 5.43 Å². The molecule has 1 aliphatic heterocycles. The summed E-state index contributed by atoms with van der Waals surface area (Å²) in [5, 5.41) is 0. The summed E-state index contributed by atoms with van der Waals surface area (Å²) < 4.78 is 5.24. The van der Waals surface area contributed by atoms with Crippen LogP contribution in [0, 0.1) is 11.3 Å². The number of amides is 1. The van der Waals surface area contributed by atoms with Gasteiger partial charge in [0.2, 0.25) is 5.91 Å². The minimum atomic E-state index is -0.00287. The molecule has 1 saturated carbocycles. The minimum absolute atomic E-state index is 0. The fraction of sp³-hybridized carbons (Fsp3) is 0.875. The maximum atomic E-state index is 11.2. The minimum Gasteiger partial charge on any atom is -0.381 e. The molecule has 2 rings (SSSR count). The molecule has 1 aliphatic carbocycles. The van der Waals surface area contributed by atoms with Gasteiger partial charge in [0.1, 0.15) is 0 Å². The predicted octanol–water partition coefficient (Wildman–Crippen LogP) is 0.215. The summed E-state index contributed by atoms with van der Waals surface area (Å²) in [6, 6.07) is 0. The van der Waals surface area contributed by atoms with E-state index in [2.05, 4.69) is 5.43 Å². The molecule has 1 saturated heterocycles. The standard InChI is InChI=1S/C8H14N2O2.ClH/c9-10-7(11)6-5-8(6)1-3-12-4-2-8;/h6H,1-5,9H2,(H,10,11);1H. The van der Waals surface area contributed by atoms with E-state index in [0.29, 0.717) is 0 Å². The zero-order valence-electron chi connectivity index (χ0n) is 7.41. The van der Waals surface area contributed by atoms with Crippen molar-refractivity contribution < 1.29 is 9.53 Å². The van der Waals surface area contributed by atoms with Crippen molar-refractivity contribution >= 4 is 18.3 Å². The number of carbonyl (C=O) groups is 1. The van der Waals surface area contributed by atoms with Gasteiger partial charge in [-0.25, -0.2) is 5.84 Å². The Balaban J connectivity index is 0.000000845. The van der Waals surface area contributed by atoms with Gasteiger partial charge in [-0.15, -0.1) is 12.4 Å². The number of ether oxygens (including phenoxy) is 1. The maximum absolute atomic E-state index is 11.2. The lowest BCUT2D eigenvalue weighted by molar-refractivity contribution is -0.123. The van der Waals surface area contributed by atoms with Crippen molar-refractivity contribution in [2.45, 2.75) is 19.3 Å². The van der Waals surface area contributed by atoms with Gasteiger partial charge in [0.05, 0.1) is 0 Å². The van der Waals surface area contributed by atoms with Crippen LogP contribution >= 0.6 is 12.4 Å². The second-order valence-electron chi connectivity index (χ2n) is 3.74. The van der Waals surface area contributed by atoms with Gasteiger partial charge in [0, 0.05) is 19.1 Å². The Kier molecular flexibility index (Phi) is 3.16. The van der Waals surface area contributed by atoms with Crippen molar-refractivity contribution in [2.24, 2.45) is 17.2 Å². The third-order valence-corrected chi connectivity index (χ3v) is 3.14. The van der Waals surface area contributed by atoms with Crippen LogP contribution in [0.25, 0.3) is 0 Å². The molecule has 0 radical (unpaired) electrons. The van der Waals surface area contributed by atoms with Gasteiger partial charge in [-0.2, -0.15) is 0 Å². The number of hydrogen-bond acceptors (Lipinski definition) is 3. The molecule has 1 atom stereocenters. The third-order valence-electron chi connectivity index (χ3n) is 3.14. The molecule has 0 aromatic rings. The fourth-order valence-electron chi connectivity index (χ4n) is 2.15. The molecule has 5 heteroatoms. The first-order valence-corrected chi connectivity index (χ1v) is 4.37. The summed E-state index contributed by atoms with van der Waals surface area (Å²) in [6.45, 7) is 1.60. The Hall–Kier alpha value is -0.320. The van der Waals surface area contributed by atoms with E-state index in [-0.39, 0.29) is 29.6 Å². The second kappa shape index (κ2) is 3.82. The van der Waals surface area contributed by atoms with Crippen LogP contribution in [0.5, 0.6) is 0 Å². The average molecular weight is 207 g/mol. The molecule has 0 aromatic carbocycles. The highest BCUT2D eigenvalue weighted by atomic mass is 35.5. The molecular weight excluding hydrogens is 192 g/mol. The third kappa shape index (κ3) is 1.80. The molecule has 76 valence electrons. The summed E-state index contributed by atoms with van der Waals surface area (Å²) >= 11 is 0. The van der Waals surface area contributed by atoms with Gasteiger partial charge in [-0.05, 0) is 24.7 Å². The number of nitrogens with two attached hydrogens (primary N) is 1. The van der Waals surface area contributed by atoms with Crippen molar-refractivity contribution in [3.05, 3.63) is 0 Å². The monoisotopic (exact) mass is 206 g/mol. The first-order chi connectivity index (χ1) is 5.78. The molecule has 3 N–H and O–H groups in total. The lowest BCUT2D eigenvalue weighted by Gasteiger charge is -2.22. The lowest BCUT2D eigenvalue weighted by atomic mass is 9.94. The summed E-state index contributed by atoms with van der Waals surface area (Å²) in [6.07, 6.45) is 3.04. The number of hydrazine groups is 1. The summed E-state index contributed by atoms with van der Waals surface area (Å²) in [4.78, 5) is 11.2. The topological polar surface area (TPSA) is 64.3 Å². The van der Waals surface area contributed by atoms with Crippen molar-refractivity contribution in [1.29, 1.82) is 0 Å². The molecule has 1 amide bonds. The summed E-state index contributed by atoms with van der Waals surface area (Å²) in [7, 11) is 0. The van der Waals surface area contributed by atoms with Crippen LogP contribution in [0.15, 0.2) is 0 Å². The highest BCUT2D eigenvalue weighted by Gasteiger charge is 2.57. The lowest BCUT2D eigenvalue weighted by Crippen LogP contribution is -2.34. The van der Waals surface area contributed by atoms with Gasteiger partial charge in [0.25, 0.3) is 0 Å². The fourth-order valence-corrected chi connectivity index (χ4v) is 2.15. The number of nitrogens with one attached hydrogen (secondary N) is 1. The van der Waals surface area contributed by atoms with Crippen LogP contribution < -0.4 is 11.3 Å². The van der Waals surface area contributed by atoms with E-state index in [9.17, 15) is 4.79 Å². The molecule has 2 aliphatic rings. The molecule has 0 bridgehead atoms. The van der Waals surface area contributed by atoms with E-state index in [4.69, 9.17) is 10.6 Å². The normalized spacial score (nSPS) is 29.2. The van der Waals surface area contributed by atoms with Crippen molar-refractivity contribution in [3.8, 4) is 0 Å². The van der Waals surface area contributed by atoms with Crippen LogP contribution in [0.4, 0.5) is 0 Å². The molecule has 1 unspecified atom stereocenters. The van der Waals surface area contributed by atoms with E-state index in [1.54, 1.807) is 0 Å². The number of hydrogen-bond donors (Lipinski definition) is 2. The number of rotatable bonds is 1. The van der Waals surface area contributed by atoms with Crippen LogP contribution in [-0.4, -0.2) is 19.1 Å². The van der Waals surface area contributed by atoms with Gasteiger partial charge in [0.15, 0.2) is 0 Å². The van der Waals surface area contributed by atoms with Crippen LogP contribution in [0.1, 0.15) is 19.3 Å². The van der Waals surface area contributed by atoms with Gasteiger partial charge >= 0.3 is 0 Å². The number of carbonyl (C=O) groups excluding carboxylic acids is 1. The van der Waals surface area contributed by atoms with Gasteiger partial charge < -0.3 is 4.74 Å².